The smallest absolute Gasteiger partial charge is 0.393 e. The van der Waals surface area contributed by atoms with Crippen molar-refractivity contribution in [1.82, 2.24) is 5.06 Å². The highest BCUT2D eigenvalue weighted by atomic mass is 31.1. The average molecular weight is 262 g/mol. The Balaban J connectivity index is 3.98. The van der Waals surface area contributed by atoms with Gasteiger partial charge in [0.25, 0.3) is 0 Å². The van der Waals surface area contributed by atoms with Gasteiger partial charge in [0.1, 0.15) is 0 Å². The Morgan fingerprint density at radius 2 is 2.29 bits per heavy atom. The fourth-order valence-electron chi connectivity index (χ4n) is 1.26. The molecule has 3 unspecified atom stereocenters. The number of hydrogen-bond donors (Lipinski definition) is 2. The van der Waals surface area contributed by atoms with Crippen LogP contribution >= 0.6 is 8.03 Å². The van der Waals surface area contributed by atoms with E-state index in [1.165, 1.54) is 7.11 Å². The molecule has 0 saturated carbocycles. The molecule has 96 valence electrons. The molecule has 6 nitrogen and oxygen atoms in total. The van der Waals surface area contributed by atoms with Crippen molar-refractivity contribution in [2.24, 2.45) is 5.92 Å². The summed E-state index contributed by atoms with van der Waals surface area (Å²) in [6.45, 7) is -0.0343. The highest BCUT2D eigenvalue weighted by Gasteiger charge is 2.20. The molecular weight excluding hydrogens is 245 g/mol. The third-order valence-electron chi connectivity index (χ3n) is 2.17. The number of terminal acetylenes is 1. The van der Waals surface area contributed by atoms with Crippen LogP contribution in [0.25, 0.3) is 0 Å². The van der Waals surface area contributed by atoms with Gasteiger partial charge < -0.3 is 5.11 Å². The lowest BCUT2D eigenvalue weighted by atomic mass is 10.0. The predicted molar refractivity (Wildman–Crippen MR) is 61.6 cm³/mol. The number of hydrogen-bond acceptors (Lipinski definition) is 5. The van der Waals surface area contributed by atoms with E-state index in [0.717, 1.165) is 0 Å². The van der Waals surface area contributed by atoms with Crippen molar-refractivity contribution in [2.45, 2.75) is 18.9 Å². The van der Waals surface area contributed by atoms with Crippen LogP contribution in [0.4, 0.5) is 0 Å². The Morgan fingerprint density at radius 3 is 2.76 bits per heavy atom. The molecule has 0 aliphatic rings. The number of amides is 1. The summed E-state index contributed by atoms with van der Waals surface area (Å²) in [4.78, 5) is 10.2. The van der Waals surface area contributed by atoms with Gasteiger partial charge >= 0.3 is 8.03 Å². The topological polar surface area (TPSA) is 87.1 Å². The van der Waals surface area contributed by atoms with E-state index in [-0.39, 0.29) is 25.5 Å². The highest BCUT2D eigenvalue weighted by molar-refractivity contribution is 7.39. The van der Waals surface area contributed by atoms with Gasteiger partial charge in [-0.3, -0.25) is 10.0 Å². The van der Waals surface area contributed by atoms with Gasteiger partial charge in [-0.25, -0.2) is 5.06 Å². The first kappa shape index (κ1) is 16.0. The summed E-state index contributed by atoms with van der Waals surface area (Å²) in [7, 11) is -0.401. The predicted octanol–water partition coefficient (Wildman–Crippen LogP) is 0.613. The van der Waals surface area contributed by atoms with E-state index in [1.807, 2.05) is 0 Å². The second-order valence-electron chi connectivity index (χ2n) is 3.51. The first-order chi connectivity index (χ1) is 8.03. The molecule has 1 amide bonds. The van der Waals surface area contributed by atoms with Crippen molar-refractivity contribution in [3.05, 3.63) is 0 Å². The molecule has 0 aliphatic heterocycles. The minimum Gasteiger partial charge on any atom is -0.393 e. The number of carbonyl (C=O) groups is 1. The molecule has 2 N–H and O–H groups in total. The molecular formula is C10H17NO5P+. The van der Waals surface area contributed by atoms with Gasteiger partial charge in [-0.2, -0.15) is 0 Å². The lowest BCUT2D eigenvalue weighted by Crippen LogP contribution is -2.27. The summed E-state index contributed by atoms with van der Waals surface area (Å²) >= 11 is 0. The molecule has 0 spiro atoms. The minimum atomic E-state index is -1.74. The zero-order valence-corrected chi connectivity index (χ0v) is 10.5. The minimum absolute atomic E-state index is 0.0343. The highest BCUT2D eigenvalue weighted by Crippen LogP contribution is 2.23. The number of rotatable bonds is 9. The van der Waals surface area contributed by atoms with Crippen LogP contribution in [0, 0.1) is 18.3 Å². The Bertz CT molecular complexity index is 291. The molecule has 0 saturated heterocycles. The lowest BCUT2D eigenvalue weighted by Gasteiger charge is -2.17. The molecule has 0 aromatic carbocycles. The van der Waals surface area contributed by atoms with Crippen LogP contribution in [0.2, 0.25) is 0 Å². The lowest BCUT2D eigenvalue weighted by molar-refractivity contribution is -0.151. The maximum Gasteiger partial charge on any atom is 0.507 e. The number of nitrogens with zero attached hydrogens (tertiary/aromatic N) is 1. The van der Waals surface area contributed by atoms with Crippen LogP contribution < -0.4 is 0 Å². The van der Waals surface area contributed by atoms with E-state index in [0.29, 0.717) is 11.5 Å². The Morgan fingerprint density at radius 1 is 1.65 bits per heavy atom. The molecule has 3 atom stereocenters. The SMILES string of the molecule is C#CC(CC(O)CC[P+](=O)OC)CN(O)C=O. The fraction of sp³-hybridized carbons (Fsp3) is 0.700. The van der Waals surface area contributed by atoms with Crippen molar-refractivity contribution in [3.8, 4) is 12.3 Å². The zero-order valence-electron chi connectivity index (χ0n) is 9.65. The number of hydroxylamine groups is 2. The van der Waals surface area contributed by atoms with E-state index in [4.69, 9.17) is 11.6 Å². The van der Waals surface area contributed by atoms with Crippen molar-refractivity contribution < 1.29 is 24.2 Å². The van der Waals surface area contributed by atoms with E-state index in [2.05, 4.69) is 10.4 Å². The summed E-state index contributed by atoms with van der Waals surface area (Å²) in [5, 5.41) is 19.0. The number of aliphatic hydroxyl groups is 1. The van der Waals surface area contributed by atoms with Gasteiger partial charge in [-0.15, -0.1) is 16.9 Å². The normalized spacial score (nSPS) is 14.6. The summed E-state index contributed by atoms with van der Waals surface area (Å²) in [5.41, 5.74) is 0. The Hall–Kier alpha value is -0.990. The second-order valence-corrected chi connectivity index (χ2v) is 4.99. The zero-order chi connectivity index (χ0) is 13.3. The van der Waals surface area contributed by atoms with Gasteiger partial charge in [0.05, 0.1) is 19.8 Å². The quantitative estimate of drug-likeness (QED) is 0.209. The molecule has 0 aromatic rings. The summed E-state index contributed by atoms with van der Waals surface area (Å²) in [6.07, 6.45) is 5.51. The first-order valence-corrected chi connectivity index (χ1v) is 6.43. The molecule has 17 heavy (non-hydrogen) atoms. The monoisotopic (exact) mass is 262 g/mol. The summed E-state index contributed by atoms with van der Waals surface area (Å²) < 4.78 is 15.6. The third-order valence-corrected chi connectivity index (χ3v) is 3.20. The summed E-state index contributed by atoms with van der Waals surface area (Å²) in [6, 6.07) is 0. The Kier molecular flexibility index (Phi) is 8.55. The number of aliphatic hydroxyl groups excluding tert-OH is 1. The molecule has 0 heterocycles. The molecule has 0 aliphatic carbocycles. The summed E-state index contributed by atoms with van der Waals surface area (Å²) in [5.74, 6) is 1.93. The second kappa shape index (κ2) is 9.08. The molecule has 0 bridgehead atoms. The van der Waals surface area contributed by atoms with E-state index >= 15 is 0 Å². The maximum absolute atomic E-state index is 11.0. The molecule has 0 fully saturated rings. The average Bonchev–Trinajstić information content (AvgIpc) is 2.34. The van der Waals surface area contributed by atoms with Gasteiger partial charge in [-0.05, 0) is 11.0 Å². The molecule has 0 rings (SSSR count). The number of carbonyl (C=O) groups excluding carboxylic acids is 1. The molecule has 0 radical (unpaired) electrons. The van der Waals surface area contributed by atoms with Crippen LogP contribution in [0.3, 0.4) is 0 Å². The van der Waals surface area contributed by atoms with Gasteiger partial charge in [0.2, 0.25) is 6.41 Å². The van der Waals surface area contributed by atoms with Crippen molar-refractivity contribution in [3.63, 3.8) is 0 Å². The van der Waals surface area contributed by atoms with Crippen molar-refractivity contribution in [2.75, 3.05) is 19.8 Å². The van der Waals surface area contributed by atoms with E-state index < -0.39 is 20.0 Å². The largest absolute Gasteiger partial charge is 0.507 e. The van der Waals surface area contributed by atoms with E-state index in [1.54, 1.807) is 0 Å². The Labute approximate surface area is 101 Å². The van der Waals surface area contributed by atoms with Crippen LogP contribution in [-0.4, -0.2) is 47.7 Å². The van der Waals surface area contributed by atoms with Crippen LogP contribution in [0.1, 0.15) is 12.8 Å². The molecule has 7 heteroatoms. The van der Waals surface area contributed by atoms with Crippen LogP contribution in [0.15, 0.2) is 0 Å². The molecule has 0 aromatic heterocycles. The third kappa shape index (κ3) is 7.83. The first-order valence-electron chi connectivity index (χ1n) is 5.07. The van der Waals surface area contributed by atoms with E-state index in [9.17, 15) is 14.5 Å². The van der Waals surface area contributed by atoms with Gasteiger partial charge in [-0.1, -0.05) is 0 Å². The standard InChI is InChI=1S/C10H17NO5P/c1-3-9(7-11(14)8-12)6-10(13)4-5-17(15)16-2/h1,8-10,13-14H,4-7H2,2H3/q+1. The van der Waals surface area contributed by atoms with Crippen molar-refractivity contribution in [1.29, 1.82) is 0 Å². The van der Waals surface area contributed by atoms with Crippen molar-refractivity contribution >= 4 is 14.4 Å². The van der Waals surface area contributed by atoms with Gasteiger partial charge in [0, 0.05) is 12.3 Å². The van der Waals surface area contributed by atoms with Gasteiger partial charge in [0.15, 0.2) is 6.16 Å². The van der Waals surface area contributed by atoms with Crippen LogP contribution in [-0.2, 0) is 13.9 Å². The fourth-order valence-corrected chi connectivity index (χ4v) is 1.95. The van der Waals surface area contributed by atoms with Crippen LogP contribution in [0.5, 0.6) is 0 Å². The maximum atomic E-state index is 11.0.